The number of fused-ring (bicyclic) bond motifs is 1. The first-order valence-electron chi connectivity index (χ1n) is 9.25. The van der Waals surface area contributed by atoms with E-state index in [2.05, 4.69) is 30.9 Å². The van der Waals surface area contributed by atoms with Gasteiger partial charge in [0.2, 0.25) is 0 Å². The van der Waals surface area contributed by atoms with Crippen molar-refractivity contribution in [3.05, 3.63) is 28.8 Å². The lowest BCUT2D eigenvalue weighted by molar-refractivity contribution is 0.395. The molecular weight excluding hydrogens is 284 g/mol. The van der Waals surface area contributed by atoms with Crippen LogP contribution in [0.2, 0.25) is 0 Å². The lowest BCUT2D eigenvalue weighted by Gasteiger charge is -2.29. The number of nitrogens with one attached hydrogen (secondary N) is 1. The van der Waals surface area contributed by atoms with Gasteiger partial charge in [0.1, 0.15) is 11.6 Å². The summed E-state index contributed by atoms with van der Waals surface area (Å²) in [5, 5.41) is 8.80. The number of ether oxygens (including phenoxy) is 1. The molecule has 0 spiro atoms. The normalized spacial score (nSPS) is 13.5. The zero-order valence-electron chi connectivity index (χ0n) is 15.1. The van der Waals surface area contributed by atoms with Crippen LogP contribution in [0.4, 0.5) is 0 Å². The summed E-state index contributed by atoms with van der Waals surface area (Å²) in [6, 6.07) is 4.17. The maximum atomic E-state index is 8.80. The molecule has 0 fully saturated rings. The number of hydrogen-bond donors (Lipinski definition) is 1. The lowest BCUT2D eigenvalue weighted by atomic mass is 9.87. The van der Waals surface area contributed by atoms with Crippen LogP contribution in [-0.2, 0) is 12.8 Å². The summed E-state index contributed by atoms with van der Waals surface area (Å²) in [6.07, 6.45) is 9.30. The molecule has 1 N–H and O–H groups in total. The molecule has 0 amide bonds. The zero-order chi connectivity index (χ0) is 16.7. The smallest absolute Gasteiger partial charge is 0.128 e. The van der Waals surface area contributed by atoms with Crippen LogP contribution in [-0.4, -0.2) is 30.9 Å². The highest BCUT2D eigenvalue weighted by atomic mass is 16.5. The van der Waals surface area contributed by atoms with Crippen molar-refractivity contribution < 1.29 is 4.74 Å². The molecule has 1 aliphatic carbocycles. The molecule has 0 atom stereocenters. The van der Waals surface area contributed by atoms with E-state index in [0.29, 0.717) is 5.84 Å². The molecular formula is C20H32N2O. The number of benzene rings is 1. The van der Waals surface area contributed by atoms with E-state index in [0.717, 1.165) is 50.1 Å². The molecule has 3 nitrogen and oxygen atoms in total. The van der Waals surface area contributed by atoms with Crippen molar-refractivity contribution in [2.24, 2.45) is 0 Å². The van der Waals surface area contributed by atoms with Crippen LogP contribution in [0, 0.1) is 5.41 Å². The summed E-state index contributed by atoms with van der Waals surface area (Å²) < 4.78 is 5.55. The Kier molecular flexibility index (Phi) is 6.94. The molecule has 0 saturated heterocycles. The minimum atomic E-state index is 0.715. The molecule has 1 aliphatic rings. The Labute approximate surface area is 141 Å². The maximum Gasteiger partial charge on any atom is 0.128 e. The molecule has 0 saturated carbocycles. The molecule has 2 rings (SSSR count). The monoisotopic (exact) mass is 316 g/mol. The summed E-state index contributed by atoms with van der Waals surface area (Å²) >= 11 is 0. The highest BCUT2D eigenvalue weighted by Crippen LogP contribution is 2.32. The number of rotatable bonds is 8. The second-order valence-corrected chi connectivity index (χ2v) is 6.52. The molecule has 3 heteroatoms. The Hall–Kier alpha value is -1.51. The summed E-state index contributed by atoms with van der Waals surface area (Å²) in [4.78, 5) is 2.28. The van der Waals surface area contributed by atoms with Gasteiger partial charge in [-0.05, 0) is 61.8 Å². The fourth-order valence-corrected chi connectivity index (χ4v) is 3.45. The molecule has 0 aliphatic heterocycles. The molecule has 128 valence electrons. The predicted molar refractivity (Wildman–Crippen MR) is 97.9 cm³/mol. The van der Waals surface area contributed by atoms with Gasteiger partial charge in [-0.25, -0.2) is 0 Å². The lowest BCUT2D eigenvalue weighted by Crippen LogP contribution is -2.34. The third-order valence-electron chi connectivity index (χ3n) is 4.85. The highest BCUT2D eigenvalue weighted by Gasteiger charge is 2.21. The topological polar surface area (TPSA) is 36.3 Å². The van der Waals surface area contributed by atoms with Gasteiger partial charge in [0, 0.05) is 18.7 Å². The van der Waals surface area contributed by atoms with E-state index < -0.39 is 0 Å². The highest BCUT2D eigenvalue weighted by molar-refractivity contribution is 5.98. The van der Waals surface area contributed by atoms with Crippen LogP contribution in [0.5, 0.6) is 5.75 Å². The molecule has 0 bridgehead atoms. The van der Waals surface area contributed by atoms with Crippen LogP contribution in [0.15, 0.2) is 12.1 Å². The molecule has 1 aromatic carbocycles. The summed E-state index contributed by atoms with van der Waals surface area (Å²) in [5.41, 5.74) is 3.83. The third-order valence-corrected chi connectivity index (χ3v) is 4.85. The number of unbranched alkanes of at least 4 members (excludes halogenated alkanes) is 2. The van der Waals surface area contributed by atoms with E-state index in [1.807, 2.05) is 0 Å². The second-order valence-electron chi connectivity index (χ2n) is 6.52. The molecule has 1 aromatic rings. The standard InChI is InChI=1S/C20H32N2O/c1-4-6-14-22(15-7-5-2)20(21)18-12-13-19(23-3)17-11-9-8-10-16(17)18/h12-13,21H,4-11,14-15H2,1-3H3. The van der Waals surface area contributed by atoms with Crippen molar-refractivity contribution in [2.45, 2.75) is 65.2 Å². The van der Waals surface area contributed by atoms with Gasteiger partial charge < -0.3 is 9.64 Å². The van der Waals surface area contributed by atoms with Gasteiger partial charge in [-0.1, -0.05) is 26.7 Å². The van der Waals surface area contributed by atoms with Crippen molar-refractivity contribution in [3.63, 3.8) is 0 Å². The van der Waals surface area contributed by atoms with Gasteiger partial charge in [-0.3, -0.25) is 5.41 Å². The minimum absolute atomic E-state index is 0.715. The van der Waals surface area contributed by atoms with Crippen molar-refractivity contribution in [1.82, 2.24) is 4.90 Å². The molecule has 0 radical (unpaired) electrons. The predicted octanol–water partition coefficient (Wildman–Crippen LogP) is 4.80. The SMILES string of the molecule is CCCCN(CCCC)C(=N)c1ccc(OC)c2c1CCCC2. The number of nitrogens with zero attached hydrogens (tertiary/aromatic N) is 1. The largest absolute Gasteiger partial charge is 0.496 e. The van der Waals surface area contributed by atoms with Crippen molar-refractivity contribution in [3.8, 4) is 5.75 Å². The molecule has 0 heterocycles. The fourth-order valence-electron chi connectivity index (χ4n) is 3.45. The fraction of sp³-hybridized carbons (Fsp3) is 0.650. The maximum absolute atomic E-state index is 8.80. The average molecular weight is 316 g/mol. The Morgan fingerprint density at radius 2 is 1.65 bits per heavy atom. The summed E-state index contributed by atoms with van der Waals surface area (Å²) in [5.74, 6) is 1.72. The molecule has 0 unspecified atom stereocenters. The Morgan fingerprint density at radius 1 is 1.04 bits per heavy atom. The van der Waals surface area contributed by atoms with Crippen molar-refractivity contribution in [1.29, 1.82) is 5.41 Å². The first kappa shape index (κ1) is 17.8. The van der Waals surface area contributed by atoms with Crippen molar-refractivity contribution in [2.75, 3.05) is 20.2 Å². The van der Waals surface area contributed by atoms with Gasteiger partial charge in [0.05, 0.1) is 7.11 Å². The Bertz CT molecular complexity index is 517. The first-order valence-corrected chi connectivity index (χ1v) is 9.25. The summed E-state index contributed by atoms with van der Waals surface area (Å²) in [6.45, 7) is 6.43. The molecule has 23 heavy (non-hydrogen) atoms. The van der Waals surface area contributed by atoms with E-state index in [1.165, 1.54) is 36.8 Å². The van der Waals surface area contributed by atoms with Gasteiger partial charge in [-0.15, -0.1) is 0 Å². The summed E-state index contributed by atoms with van der Waals surface area (Å²) in [7, 11) is 1.75. The van der Waals surface area contributed by atoms with Crippen LogP contribution < -0.4 is 4.74 Å². The van der Waals surface area contributed by atoms with Gasteiger partial charge in [-0.2, -0.15) is 0 Å². The Balaban J connectivity index is 2.29. The zero-order valence-corrected chi connectivity index (χ0v) is 15.1. The third kappa shape index (κ3) is 4.27. The minimum Gasteiger partial charge on any atom is -0.496 e. The van der Waals surface area contributed by atoms with Gasteiger partial charge in [0.25, 0.3) is 0 Å². The molecule has 0 aromatic heterocycles. The number of hydrogen-bond acceptors (Lipinski definition) is 2. The Morgan fingerprint density at radius 3 is 2.22 bits per heavy atom. The van der Waals surface area contributed by atoms with Gasteiger partial charge in [0.15, 0.2) is 0 Å². The van der Waals surface area contributed by atoms with Crippen LogP contribution in [0.3, 0.4) is 0 Å². The first-order chi connectivity index (χ1) is 11.2. The van der Waals surface area contributed by atoms with E-state index in [4.69, 9.17) is 10.1 Å². The van der Waals surface area contributed by atoms with Gasteiger partial charge >= 0.3 is 0 Å². The van der Waals surface area contributed by atoms with Crippen LogP contribution in [0.1, 0.15) is 69.1 Å². The number of methoxy groups -OCH3 is 1. The quantitative estimate of drug-likeness (QED) is 0.552. The average Bonchev–Trinajstić information content (AvgIpc) is 2.60. The number of amidine groups is 1. The van der Waals surface area contributed by atoms with E-state index in [1.54, 1.807) is 7.11 Å². The van der Waals surface area contributed by atoms with E-state index >= 15 is 0 Å². The van der Waals surface area contributed by atoms with E-state index in [-0.39, 0.29) is 0 Å². The second kappa shape index (κ2) is 8.95. The van der Waals surface area contributed by atoms with Crippen LogP contribution >= 0.6 is 0 Å². The van der Waals surface area contributed by atoms with E-state index in [9.17, 15) is 0 Å². The van der Waals surface area contributed by atoms with Crippen LogP contribution in [0.25, 0.3) is 0 Å². The van der Waals surface area contributed by atoms with Crippen molar-refractivity contribution >= 4 is 5.84 Å².